The maximum absolute atomic E-state index is 12.4. The lowest BCUT2D eigenvalue weighted by Gasteiger charge is -2.32. The zero-order valence-corrected chi connectivity index (χ0v) is 12.6. The van der Waals surface area contributed by atoms with Gasteiger partial charge in [0, 0.05) is 31.2 Å². The number of rotatable bonds is 1. The van der Waals surface area contributed by atoms with E-state index in [1.165, 1.54) is 0 Å². The third kappa shape index (κ3) is 2.80. The summed E-state index contributed by atoms with van der Waals surface area (Å²) in [5.74, 6) is 1.04. The van der Waals surface area contributed by atoms with Crippen LogP contribution in [0.2, 0.25) is 5.02 Å². The summed E-state index contributed by atoms with van der Waals surface area (Å²) >= 11 is 6.10. The van der Waals surface area contributed by atoms with Gasteiger partial charge in [-0.3, -0.25) is 4.79 Å². The van der Waals surface area contributed by atoms with Gasteiger partial charge < -0.3 is 19.7 Å². The standard InChI is InChI=1S/C13H15ClN2O3.ClH/c1-8-6-16(3-2-15-8)13(17)9-4-10(14)12-11(5-9)18-7-19-12;/h4-5,8,15H,2-3,6-7H2,1H3;1H. The largest absolute Gasteiger partial charge is 0.454 e. The SMILES string of the molecule is CC1CN(C(=O)c2cc(Cl)c3c(c2)OCO3)CCN1.Cl. The molecule has 7 heteroatoms. The van der Waals surface area contributed by atoms with Gasteiger partial charge in [-0.15, -0.1) is 12.4 Å². The van der Waals surface area contributed by atoms with Crippen LogP contribution in [0.4, 0.5) is 0 Å². The second-order valence-electron chi connectivity index (χ2n) is 4.80. The number of piperazine rings is 1. The van der Waals surface area contributed by atoms with E-state index in [4.69, 9.17) is 21.1 Å². The van der Waals surface area contributed by atoms with E-state index >= 15 is 0 Å². The first-order chi connectivity index (χ1) is 9.15. The van der Waals surface area contributed by atoms with Gasteiger partial charge in [-0.1, -0.05) is 11.6 Å². The van der Waals surface area contributed by atoms with Gasteiger partial charge in [0.15, 0.2) is 11.5 Å². The molecule has 0 spiro atoms. The van der Waals surface area contributed by atoms with E-state index in [1.54, 1.807) is 12.1 Å². The summed E-state index contributed by atoms with van der Waals surface area (Å²) in [4.78, 5) is 14.3. The Bertz CT molecular complexity index is 525. The van der Waals surface area contributed by atoms with Crippen molar-refractivity contribution in [3.8, 4) is 11.5 Å². The Morgan fingerprint density at radius 3 is 3.00 bits per heavy atom. The van der Waals surface area contributed by atoms with Crippen molar-refractivity contribution in [2.75, 3.05) is 26.4 Å². The van der Waals surface area contributed by atoms with Crippen LogP contribution in [-0.4, -0.2) is 43.3 Å². The lowest BCUT2D eigenvalue weighted by atomic mass is 10.1. The van der Waals surface area contributed by atoms with Crippen LogP contribution < -0.4 is 14.8 Å². The van der Waals surface area contributed by atoms with Crippen LogP contribution in [0, 0.1) is 0 Å². The molecule has 2 aliphatic heterocycles. The molecule has 0 bridgehead atoms. The van der Waals surface area contributed by atoms with Crippen molar-refractivity contribution in [1.29, 1.82) is 0 Å². The number of nitrogens with one attached hydrogen (secondary N) is 1. The Kier molecular flexibility index (Phi) is 4.62. The third-order valence-corrected chi connectivity index (χ3v) is 3.61. The van der Waals surface area contributed by atoms with Gasteiger partial charge in [0.2, 0.25) is 6.79 Å². The zero-order chi connectivity index (χ0) is 13.4. The number of ether oxygens (including phenoxy) is 2. The molecule has 1 aromatic carbocycles. The molecule has 5 nitrogen and oxygen atoms in total. The van der Waals surface area contributed by atoms with Crippen LogP contribution in [-0.2, 0) is 0 Å². The van der Waals surface area contributed by atoms with E-state index in [-0.39, 0.29) is 25.1 Å². The average Bonchev–Trinajstić information content (AvgIpc) is 2.86. The van der Waals surface area contributed by atoms with Crippen LogP contribution in [0.1, 0.15) is 17.3 Å². The Hall–Kier alpha value is -1.17. The first kappa shape index (κ1) is 15.2. The summed E-state index contributed by atoms with van der Waals surface area (Å²) in [6, 6.07) is 3.65. The number of hydrogen-bond donors (Lipinski definition) is 1. The minimum absolute atomic E-state index is 0. The van der Waals surface area contributed by atoms with Crippen molar-refractivity contribution in [3.63, 3.8) is 0 Å². The molecule has 20 heavy (non-hydrogen) atoms. The van der Waals surface area contributed by atoms with Crippen LogP contribution in [0.3, 0.4) is 0 Å². The van der Waals surface area contributed by atoms with Gasteiger partial charge in [0.25, 0.3) is 5.91 Å². The van der Waals surface area contributed by atoms with Gasteiger partial charge in [-0.05, 0) is 19.1 Å². The highest BCUT2D eigenvalue weighted by Gasteiger charge is 2.25. The van der Waals surface area contributed by atoms with Crippen molar-refractivity contribution in [2.45, 2.75) is 13.0 Å². The number of hydrogen-bond acceptors (Lipinski definition) is 4. The number of benzene rings is 1. The quantitative estimate of drug-likeness (QED) is 0.859. The predicted molar refractivity (Wildman–Crippen MR) is 78.2 cm³/mol. The summed E-state index contributed by atoms with van der Waals surface area (Å²) in [6.45, 7) is 4.43. The predicted octanol–water partition coefficient (Wildman–Crippen LogP) is 1.92. The number of nitrogens with zero attached hydrogens (tertiary/aromatic N) is 1. The van der Waals surface area contributed by atoms with Gasteiger partial charge >= 0.3 is 0 Å². The minimum Gasteiger partial charge on any atom is -0.454 e. The monoisotopic (exact) mass is 318 g/mol. The molecule has 110 valence electrons. The lowest BCUT2D eigenvalue weighted by Crippen LogP contribution is -2.51. The molecule has 1 unspecified atom stereocenters. The van der Waals surface area contributed by atoms with Gasteiger partial charge in [0.1, 0.15) is 0 Å². The van der Waals surface area contributed by atoms with Gasteiger partial charge in [0.05, 0.1) is 5.02 Å². The molecule has 1 amide bonds. The third-order valence-electron chi connectivity index (χ3n) is 3.33. The molecule has 0 radical (unpaired) electrons. The fourth-order valence-corrected chi connectivity index (χ4v) is 2.66. The fourth-order valence-electron chi connectivity index (χ4n) is 2.39. The second-order valence-corrected chi connectivity index (χ2v) is 5.21. The summed E-state index contributed by atoms with van der Waals surface area (Å²) < 4.78 is 10.5. The number of halogens is 2. The number of carbonyl (C=O) groups excluding carboxylic acids is 1. The Morgan fingerprint density at radius 2 is 2.25 bits per heavy atom. The number of carbonyl (C=O) groups is 1. The van der Waals surface area contributed by atoms with E-state index in [1.807, 2.05) is 4.90 Å². The molecule has 0 aliphatic carbocycles. The maximum atomic E-state index is 12.4. The highest BCUT2D eigenvalue weighted by Crippen LogP contribution is 2.40. The van der Waals surface area contributed by atoms with E-state index in [0.29, 0.717) is 41.2 Å². The highest BCUT2D eigenvalue weighted by molar-refractivity contribution is 6.32. The van der Waals surface area contributed by atoms with Crippen molar-refractivity contribution >= 4 is 29.9 Å². The Balaban J connectivity index is 0.00000147. The van der Waals surface area contributed by atoms with Crippen molar-refractivity contribution in [3.05, 3.63) is 22.7 Å². The maximum Gasteiger partial charge on any atom is 0.254 e. The molecule has 1 saturated heterocycles. The van der Waals surface area contributed by atoms with Crippen molar-refractivity contribution in [2.24, 2.45) is 0 Å². The molecular formula is C13H16Cl2N2O3. The van der Waals surface area contributed by atoms with Gasteiger partial charge in [-0.2, -0.15) is 0 Å². The normalized spacial score (nSPS) is 20.5. The highest BCUT2D eigenvalue weighted by atomic mass is 35.5. The van der Waals surface area contributed by atoms with Gasteiger partial charge in [-0.25, -0.2) is 0 Å². The molecule has 1 aromatic rings. The molecule has 2 aliphatic rings. The van der Waals surface area contributed by atoms with Crippen LogP contribution in [0.15, 0.2) is 12.1 Å². The van der Waals surface area contributed by atoms with Crippen molar-refractivity contribution in [1.82, 2.24) is 10.2 Å². The first-order valence-electron chi connectivity index (χ1n) is 6.27. The summed E-state index contributed by atoms with van der Waals surface area (Å²) in [6.07, 6.45) is 0. The van der Waals surface area contributed by atoms with E-state index < -0.39 is 0 Å². The molecule has 3 rings (SSSR count). The summed E-state index contributed by atoms with van der Waals surface area (Å²) in [5.41, 5.74) is 0.545. The minimum atomic E-state index is -0.0199. The topological polar surface area (TPSA) is 50.8 Å². The van der Waals surface area contributed by atoms with Crippen molar-refractivity contribution < 1.29 is 14.3 Å². The zero-order valence-electron chi connectivity index (χ0n) is 11.0. The first-order valence-corrected chi connectivity index (χ1v) is 6.65. The smallest absolute Gasteiger partial charge is 0.254 e. The second kappa shape index (κ2) is 6.08. The van der Waals surface area contributed by atoms with E-state index in [2.05, 4.69) is 12.2 Å². The summed E-state index contributed by atoms with van der Waals surface area (Å²) in [7, 11) is 0. The molecule has 2 heterocycles. The number of fused-ring (bicyclic) bond motifs is 1. The molecule has 0 saturated carbocycles. The molecule has 1 atom stereocenters. The summed E-state index contributed by atoms with van der Waals surface area (Å²) in [5, 5.41) is 3.72. The molecular weight excluding hydrogens is 303 g/mol. The van der Waals surface area contributed by atoms with Crippen LogP contribution >= 0.6 is 24.0 Å². The molecule has 1 N–H and O–H groups in total. The Labute approximate surface area is 128 Å². The molecule has 1 fully saturated rings. The Morgan fingerprint density at radius 1 is 1.45 bits per heavy atom. The lowest BCUT2D eigenvalue weighted by molar-refractivity contribution is 0.0708. The fraction of sp³-hybridized carbons (Fsp3) is 0.462. The van der Waals surface area contributed by atoms with E-state index in [0.717, 1.165) is 6.54 Å². The number of amides is 1. The average molecular weight is 319 g/mol. The molecule has 0 aromatic heterocycles. The van der Waals surface area contributed by atoms with E-state index in [9.17, 15) is 4.79 Å². The van der Waals surface area contributed by atoms with Crippen LogP contribution in [0.25, 0.3) is 0 Å². The van der Waals surface area contributed by atoms with Crippen LogP contribution in [0.5, 0.6) is 11.5 Å².